The number of hydrogen-bond acceptors (Lipinski definition) is 4. The molecule has 1 N–H and O–H groups in total. The summed E-state index contributed by atoms with van der Waals surface area (Å²) in [5.74, 6) is 7.50. The van der Waals surface area contributed by atoms with Crippen LogP contribution < -0.4 is 4.74 Å². The van der Waals surface area contributed by atoms with Crippen LogP contribution in [0, 0.1) is 11.8 Å². The van der Waals surface area contributed by atoms with Gasteiger partial charge in [-0.25, -0.2) is 0 Å². The Labute approximate surface area is 168 Å². The summed E-state index contributed by atoms with van der Waals surface area (Å²) in [6.07, 6.45) is 0.777. The van der Waals surface area contributed by atoms with Crippen LogP contribution in [-0.4, -0.2) is 60.3 Å². The van der Waals surface area contributed by atoms with Gasteiger partial charge in [-0.15, -0.1) is 0 Å². The number of aliphatic hydroxyl groups is 1. The second-order valence-corrected chi connectivity index (χ2v) is 7.08. The number of piperazine rings is 1. The summed E-state index contributed by atoms with van der Waals surface area (Å²) < 4.78 is 5.79. The van der Waals surface area contributed by atoms with Gasteiger partial charge in [0.25, 0.3) is 0 Å². The van der Waals surface area contributed by atoms with Crippen molar-refractivity contribution in [3.63, 3.8) is 0 Å². The van der Waals surface area contributed by atoms with E-state index in [4.69, 9.17) is 4.74 Å². The third-order valence-electron chi connectivity index (χ3n) is 5.11. The van der Waals surface area contributed by atoms with E-state index in [0.717, 1.165) is 50.5 Å². The first-order valence-electron chi connectivity index (χ1n) is 10.1. The molecule has 1 aliphatic heterocycles. The molecule has 0 radical (unpaired) electrons. The van der Waals surface area contributed by atoms with Crippen LogP contribution in [0.2, 0.25) is 0 Å². The van der Waals surface area contributed by atoms with Gasteiger partial charge in [0.05, 0.1) is 13.2 Å². The molecule has 0 amide bonds. The molecule has 1 fully saturated rings. The number of ether oxygens (including phenoxy) is 1. The normalized spacial score (nSPS) is 17.7. The summed E-state index contributed by atoms with van der Waals surface area (Å²) in [4.78, 5) is 4.86. The second kappa shape index (κ2) is 10.9. The first-order chi connectivity index (χ1) is 13.8. The lowest BCUT2D eigenvalue weighted by molar-refractivity contribution is 0.0599. The van der Waals surface area contributed by atoms with E-state index in [9.17, 15) is 5.11 Å². The van der Waals surface area contributed by atoms with Crippen LogP contribution in [0.1, 0.15) is 24.5 Å². The van der Waals surface area contributed by atoms with Gasteiger partial charge < -0.3 is 9.84 Å². The number of hydrogen-bond donors (Lipinski definition) is 1. The van der Waals surface area contributed by atoms with Crippen LogP contribution in [0.25, 0.3) is 0 Å². The monoisotopic (exact) mass is 378 g/mol. The van der Waals surface area contributed by atoms with Gasteiger partial charge >= 0.3 is 0 Å². The van der Waals surface area contributed by atoms with Gasteiger partial charge in [0, 0.05) is 50.0 Å². The fourth-order valence-electron chi connectivity index (χ4n) is 3.66. The predicted octanol–water partition coefficient (Wildman–Crippen LogP) is 3.01. The molecule has 3 rings (SSSR count). The van der Waals surface area contributed by atoms with Crippen molar-refractivity contribution in [3.8, 4) is 17.6 Å². The van der Waals surface area contributed by atoms with Gasteiger partial charge in [0.15, 0.2) is 0 Å². The van der Waals surface area contributed by atoms with E-state index in [0.29, 0.717) is 12.6 Å². The standard InChI is InChI=1S/C24H30N2O2/c1-2-28-24-13-7-6-12-22(24)19-26-17-16-25(20-23(26)14-18-27)15-8-11-21-9-4-3-5-10-21/h3-7,9-10,12-13,23,27H,2,14-20H2,1H3/t23-/m0/s1. The summed E-state index contributed by atoms with van der Waals surface area (Å²) in [6.45, 7) is 7.40. The van der Waals surface area contributed by atoms with E-state index in [1.807, 2.05) is 49.4 Å². The molecule has 4 heteroatoms. The largest absolute Gasteiger partial charge is 0.494 e. The molecule has 28 heavy (non-hydrogen) atoms. The summed E-state index contributed by atoms with van der Waals surface area (Å²) in [5.41, 5.74) is 2.27. The minimum Gasteiger partial charge on any atom is -0.494 e. The van der Waals surface area contributed by atoms with E-state index in [-0.39, 0.29) is 6.61 Å². The molecule has 0 saturated carbocycles. The number of rotatable bonds is 7. The lowest BCUT2D eigenvalue weighted by atomic mass is 10.1. The van der Waals surface area contributed by atoms with Crippen LogP contribution in [-0.2, 0) is 6.54 Å². The molecule has 0 unspecified atom stereocenters. The molecule has 1 atom stereocenters. The van der Waals surface area contributed by atoms with Crippen molar-refractivity contribution in [2.24, 2.45) is 0 Å². The lowest BCUT2D eigenvalue weighted by Gasteiger charge is -2.41. The molecule has 1 aliphatic rings. The molecule has 0 aromatic heterocycles. The van der Waals surface area contributed by atoms with Crippen molar-refractivity contribution in [2.75, 3.05) is 39.4 Å². The zero-order chi connectivity index (χ0) is 19.6. The summed E-state index contributed by atoms with van der Waals surface area (Å²) >= 11 is 0. The minimum absolute atomic E-state index is 0.206. The van der Waals surface area contributed by atoms with Crippen LogP contribution in [0.4, 0.5) is 0 Å². The average molecular weight is 379 g/mol. The van der Waals surface area contributed by atoms with Crippen molar-refractivity contribution in [3.05, 3.63) is 65.7 Å². The van der Waals surface area contributed by atoms with Crippen LogP contribution in [0.5, 0.6) is 5.75 Å². The van der Waals surface area contributed by atoms with Gasteiger partial charge in [0.1, 0.15) is 5.75 Å². The van der Waals surface area contributed by atoms with Crippen LogP contribution in [0.3, 0.4) is 0 Å². The molecule has 0 spiro atoms. The molecule has 148 valence electrons. The van der Waals surface area contributed by atoms with Gasteiger partial charge in [-0.2, -0.15) is 0 Å². The van der Waals surface area contributed by atoms with Crippen molar-refractivity contribution in [2.45, 2.75) is 25.9 Å². The van der Waals surface area contributed by atoms with Crippen molar-refractivity contribution >= 4 is 0 Å². The molecule has 2 aromatic carbocycles. The number of aliphatic hydroxyl groups excluding tert-OH is 1. The smallest absolute Gasteiger partial charge is 0.123 e. The van der Waals surface area contributed by atoms with E-state index in [2.05, 4.69) is 33.8 Å². The maximum Gasteiger partial charge on any atom is 0.123 e. The Morgan fingerprint density at radius 2 is 1.86 bits per heavy atom. The van der Waals surface area contributed by atoms with Crippen LogP contribution >= 0.6 is 0 Å². The molecule has 1 heterocycles. The van der Waals surface area contributed by atoms with Gasteiger partial charge in [-0.3, -0.25) is 9.80 Å². The molecular formula is C24H30N2O2. The fourth-order valence-corrected chi connectivity index (χ4v) is 3.66. The first-order valence-corrected chi connectivity index (χ1v) is 10.1. The highest BCUT2D eigenvalue weighted by Crippen LogP contribution is 2.23. The Hall–Kier alpha value is -2.32. The average Bonchev–Trinajstić information content (AvgIpc) is 2.72. The summed E-state index contributed by atoms with van der Waals surface area (Å²) in [7, 11) is 0. The number of para-hydroxylation sites is 1. The van der Waals surface area contributed by atoms with Crippen molar-refractivity contribution < 1.29 is 9.84 Å². The van der Waals surface area contributed by atoms with E-state index in [1.165, 1.54) is 5.56 Å². The topological polar surface area (TPSA) is 35.9 Å². The third kappa shape index (κ3) is 5.84. The highest BCUT2D eigenvalue weighted by Gasteiger charge is 2.26. The fraction of sp³-hybridized carbons (Fsp3) is 0.417. The number of benzene rings is 2. The zero-order valence-electron chi connectivity index (χ0n) is 16.7. The second-order valence-electron chi connectivity index (χ2n) is 7.08. The highest BCUT2D eigenvalue weighted by molar-refractivity contribution is 5.34. The molecule has 1 saturated heterocycles. The Morgan fingerprint density at radius 3 is 2.64 bits per heavy atom. The van der Waals surface area contributed by atoms with Gasteiger partial charge in [-0.1, -0.05) is 48.2 Å². The van der Waals surface area contributed by atoms with Gasteiger partial charge in [0.2, 0.25) is 0 Å². The van der Waals surface area contributed by atoms with E-state index >= 15 is 0 Å². The molecular weight excluding hydrogens is 348 g/mol. The van der Waals surface area contributed by atoms with Crippen molar-refractivity contribution in [1.82, 2.24) is 9.80 Å². The minimum atomic E-state index is 0.206. The van der Waals surface area contributed by atoms with E-state index < -0.39 is 0 Å². The lowest BCUT2D eigenvalue weighted by Crippen LogP contribution is -2.53. The Bertz CT molecular complexity index is 782. The molecule has 4 nitrogen and oxygen atoms in total. The predicted molar refractivity (Wildman–Crippen MR) is 113 cm³/mol. The molecule has 0 aliphatic carbocycles. The first kappa shape index (κ1) is 20.4. The highest BCUT2D eigenvalue weighted by atomic mass is 16.5. The Morgan fingerprint density at radius 1 is 1.07 bits per heavy atom. The zero-order valence-corrected chi connectivity index (χ0v) is 16.7. The quantitative estimate of drug-likeness (QED) is 0.752. The third-order valence-corrected chi connectivity index (χ3v) is 5.11. The molecule has 0 bridgehead atoms. The SMILES string of the molecule is CCOc1ccccc1CN1CCN(CC#Cc2ccccc2)C[C@@H]1CCO. The van der Waals surface area contributed by atoms with Crippen molar-refractivity contribution in [1.29, 1.82) is 0 Å². The maximum absolute atomic E-state index is 9.55. The van der Waals surface area contributed by atoms with Crippen LogP contribution in [0.15, 0.2) is 54.6 Å². The van der Waals surface area contributed by atoms with Gasteiger partial charge in [-0.05, 0) is 31.5 Å². The maximum atomic E-state index is 9.55. The summed E-state index contributed by atoms with van der Waals surface area (Å²) in [6, 6.07) is 18.7. The Kier molecular flexibility index (Phi) is 7.93. The molecule has 2 aromatic rings. The Balaban J connectivity index is 1.61. The number of nitrogens with zero attached hydrogens (tertiary/aromatic N) is 2. The summed E-state index contributed by atoms with van der Waals surface area (Å²) in [5, 5.41) is 9.55. The van der Waals surface area contributed by atoms with E-state index in [1.54, 1.807) is 0 Å².